The van der Waals surface area contributed by atoms with Gasteiger partial charge in [0.15, 0.2) is 11.7 Å². The Morgan fingerprint density at radius 3 is 2.13 bits per heavy atom. The molecule has 1 aliphatic rings. The number of amides is 1. The molecule has 0 spiro atoms. The lowest BCUT2D eigenvalue weighted by molar-refractivity contribution is -0.161. The number of carbonyl (C=O) groups is 3. The van der Waals surface area contributed by atoms with E-state index in [0.29, 0.717) is 0 Å². The van der Waals surface area contributed by atoms with Gasteiger partial charge in [-0.15, -0.1) is 5.10 Å². The molecule has 1 aliphatic heterocycles. The fourth-order valence-electron chi connectivity index (χ4n) is 3.79. The van der Waals surface area contributed by atoms with Crippen LogP contribution in [0.1, 0.15) is 54.7 Å². The topological polar surface area (TPSA) is 222 Å². The van der Waals surface area contributed by atoms with Crippen molar-refractivity contribution >= 4 is 36.7 Å². The first-order chi connectivity index (χ1) is 20.9. The molecule has 0 radical (unpaired) electrons. The molecular formula is C26H39N6O12P. The number of anilines is 1. The third-order valence-corrected chi connectivity index (χ3v) is 7.87. The fourth-order valence-corrected chi connectivity index (χ4v) is 4.94. The van der Waals surface area contributed by atoms with Crippen molar-refractivity contribution in [2.24, 2.45) is 10.8 Å². The summed E-state index contributed by atoms with van der Waals surface area (Å²) in [7, 11) is -3.06. The van der Waals surface area contributed by atoms with Gasteiger partial charge in [0.05, 0.1) is 23.6 Å². The second-order valence-electron chi connectivity index (χ2n) is 12.1. The van der Waals surface area contributed by atoms with E-state index in [-0.39, 0.29) is 17.8 Å². The molecule has 250 valence electrons. The number of nitrogens with one attached hydrogen (secondary N) is 1. The van der Waals surface area contributed by atoms with Crippen molar-refractivity contribution in [1.29, 1.82) is 0 Å². The van der Waals surface area contributed by atoms with Gasteiger partial charge in [0.25, 0.3) is 0 Å². The molecule has 2 aromatic rings. The number of aliphatic hydroxyl groups excluding tert-OH is 1. The monoisotopic (exact) mass is 658 g/mol. The van der Waals surface area contributed by atoms with E-state index >= 15 is 0 Å². The molecule has 3 heterocycles. The lowest BCUT2D eigenvalue weighted by atomic mass is 9.98. The summed E-state index contributed by atoms with van der Waals surface area (Å²) in [6.07, 6.45) is -1.84. The van der Waals surface area contributed by atoms with Crippen LogP contribution in [0.2, 0.25) is 0 Å². The summed E-state index contributed by atoms with van der Waals surface area (Å²) < 4.78 is 48.1. The minimum Gasteiger partial charge on any atom is -0.438 e. The fraction of sp³-hybridized carbons (Fsp3) is 0.654. The van der Waals surface area contributed by atoms with Crippen molar-refractivity contribution in [2.75, 3.05) is 26.0 Å². The zero-order valence-electron chi connectivity index (χ0n) is 26.3. The molecule has 4 atom stereocenters. The average Bonchev–Trinajstić information content (AvgIpc) is 3.52. The number of ether oxygens (including phenoxy) is 4. The Hall–Kier alpha value is -3.54. The molecule has 2 aromatic heterocycles. The van der Waals surface area contributed by atoms with Crippen LogP contribution in [0.3, 0.4) is 0 Å². The Kier molecular flexibility index (Phi) is 11.4. The molecule has 0 bridgehead atoms. The highest BCUT2D eigenvalue weighted by atomic mass is 31.2. The summed E-state index contributed by atoms with van der Waals surface area (Å²) >= 11 is 0. The van der Waals surface area contributed by atoms with Gasteiger partial charge in [0.1, 0.15) is 24.1 Å². The van der Waals surface area contributed by atoms with Gasteiger partial charge < -0.3 is 29.4 Å². The molecule has 1 amide bonds. The second kappa shape index (κ2) is 14.3. The second-order valence-corrected chi connectivity index (χ2v) is 14.1. The molecule has 1 fully saturated rings. The number of methoxy groups -OCH3 is 1. The van der Waals surface area contributed by atoms with Crippen molar-refractivity contribution in [2.45, 2.75) is 79.6 Å². The van der Waals surface area contributed by atoms with Crippen LogP contribution < -0.4 is 16.4 Å². The van der Waals surface area contributed by atoms with Crippen LogP contribution >= 0.6 is 7.60 Å². The lowest BCUT2D eigenvalue weighted by Crippen LogP contribution is -2.37. The smallest absolute Gasteiger partial charge is 0.388 e. The van der Waals surface area contributed by atoms with Crippen molar-refractivity contribution in [1.82, 2.24) is 24.5 Å². The van der Waals surface area contributed by atoms with Gasteiger partial charge >= 0.3 is 25.2 Å². The van der Waals surface area contributed by atoms with E-state index in [9.17, 15) is 28.8 Å². The number of hydrogen-bond donors (Lipinski definition) is 2. The molecule has 2 N–H and O–H groups in total. The van der Waals surface area contributed by atoms with Crippen LogP contribution in [0, 0.1) is 10.8 Å². The van der Waals surface area contributed by atoms with Crippen molar-refractivity contribution in [3.8, 4) is 0 Å². The van der Waals surface area contributed by atoms with Crippen molar-refractivity contribution in [3.05, 3.63) is 28.9 Å². The molecular weight excluding hydrogens is 619 g/mol. The van der Waals surface area contributed by atoms with Crippen LogP contribution in [0.15, 0.2) is 23.3 Å². The first-order valence-electron chi connectivity index (χ1n) is 13.7. The first kappa shape index (κ1) is 35.9. The third-order valence-electron chi connectivity index (χ3n) is 6.22. The van der Waals surface area contributed by atoms with Crippen LogP contribution in [0.5, 0.6) is 0 Å². The van der Waals surface area contributed by atoms with Gasteiger partial charge in [-0.25, -0.2) is 9.48 Å². The molecule has 0 aliphatic carbocycles. The highest BCUT2D eigenvalue weighted by Crippen LogP contribution is 2.46. The summed E-state index contributed by atoms with van der Waals surface area (Å²) in [5, 5.41) is 21.1. The molecule has 18 nitrogen and oxygen atoms in total. The Balaban J connectivity index is 1.78. The maximum Gasteiger partial charge on any atom is 0.388 e. The van der Waals surface area contributed by atoms with E-state index in [0.717, 1.165) is 4.57 Å². The molecule has 19 heteroatoms. The Bertz CT molecular complexity index is 1440. The van der Waals surface area contributed by atoms with Gasteiger partial charge in [-0.2, -0.15) is 4.98 Å². The maximum atomic E-state index is 13.7. The standard InChI is InChI=1S/C26H39N6O12P/c1-15(33)27-17-9-10-32(24(37)28-17)21-20(39-8)19(34)16(44-21)11-31-12-18(29-30-31)45(38,42-13-40-22(35)25(2,3)4)43-14-41-23(36)26(5,6)7/h9-10,12,16,19-21,34H,11,13-14H2,1-8H3,(H,27,28,33,37)/t16-,19-,20-,21-/m1/s1. The van der Waals surface area contributed by atoms with E-state index in [1.165, 1.54) is 37.2 Å². The van der Waals surface area contributed by atoms with Gasteiger partial charge in [-0.05, 0) is 47.6 Å². The van der Waals surface area contributed by atoms with E-state index in [1.807, 2.05) is 0 Å². The van der Waals surface area contributed by atoms with Crippen LogP contribution in [0.4, 0.5) is 5.82 Å². The van der Waals surface area contributed by atoms with Crippen LogP contribution in [-0.4, -0.2) is 86.5 Å². The molecule has 0 aromatic carbocycles. The highest BCUT2D eigenvalue weighted by molar-refractivity contribution is 7.61. The summed E-state index contributed by atoms with van der Waals surface area (Å²) in [6, 6.07) is 1.39. The number of aliphatic hydroxyl groups is 1. The van der Waals surface area contributed by atoms with E-state index < -0.39 is 80.1 Å². The van der Waals surface area contributed by atoms with E-state index in [2.05, 4.69) is 20.6 Å². The number of hydrogen-bond acceptors (Lipinski definition) is 15. The number of carbonyl (C=O) groups excluding carboxylic acids is 3. The first-order valence-corrected chi connectivity index (χ1v) is 15.3. The number of nitrogens with zero attached hydrogens (tertiary/aromatic N) is 5. The quantitative estimate of drug-likeness (QED) is 0.182. The molecule has 0 unspecified atom stereocenters. The summed E-state index contributed by atoms with van der Waals surface area (Å²) in [5.41, 5.74) is -2.82. The molecule has 3 rings (SSSR count). The zero-order valence-corrected chi connectivity index (χ0v) is 27.2. The van der Waals surface area contributed by atoms with Gasteiger partial charge in [0, 0.05) is 20.2 Å². The normalized spacial score (nSPS) is 20.6. The van der Waals surface area contributed by atoms with Crippen LogP contribution in [-0.2, 0) is 53.5 Å². The van der Waals surface area contributed by atoms with Gasteiger partial charge in [-0.3, -0.25) is 32.6 Å². The predicted octanol–water partition coefficient (Wildman–Crippen LogP) is 0.712. The maximum absolute atomic E-state index is 13.7. The number of aromatic nitrogens is 5. The minimum absolute atomic E-state index is 0.0400. The average molecular weight is 659 g/mol. The largest absolute Gasteiger partial charge is 0.438 e. The SMILES string of the molecule is CO[C@@H]1[C@H](O)[C@@H](Cn2cc(P(=O)(OCOC(=O)C(C)(C)C)OCOC(=O)C(C)(C)C)nn2)O[C@H]1n1ccc(NC(C)=O)nc1=O. The zero-order chi connectivity index (χ0) is 33.7. The number of rotatable bonds is 12. The number of esters is 2. The Morgan fingerprint density at radius 1 is 1.07 bits per heavy atom. The van der Waals surface area contributed by atoms with Crippen LogP contribution in [0.25, 0.3) is 0 Å². The third kappa shape index (κ3) is 9.24. The summed E-state index contributed by atoms with van der Waals surface area (Å²) in [6.45, 7) is 9.30. The summed E-state index contributed by atoms with van der Waals surface area (Å²) in [5.74, 6) is -1.64. The summed E-state index contributed by atoms with van der Waals surface area (Å²) in [4.78, 5) is 52.1. The van der Waals surface area contributed by atoms with E-state index in [1.54, 1.807) is 41.5 Å². The van der Waals surface area contributed by atoms with Gasteiger partial charge in [-0.1, -0.05) is 5.21 Å². The Morgan fingerprint density at radius 2 is 1.64 bits per heavy atom. The molecule has 0 saturated carbocycles. The van der Waals surface area contributed by atoms with Crippen molar-refractivity contribution in [3.63, 3.8) is 0 Å². The predicted molar refractivity (Wildman–Crippen MR) is 154 cm³/mol. The Labute approximate surface area is 258 Å². The molecule has 45 heavy (non-hydrogen) atoms. The minimum atomic E-state index is -4.39. The molecule has 1 saturated heterocycles. The van der Waals surface area contributed by atoms with Gasteiger partial charge in [0.2, 0.25) is 19.5 Å². The van der Waals surface area contributed by atoms with E-state index in [4.69, 9.17) is 28.0 Å². The lowest BCUT2D eigenvalue weighted by Gasteiger charge is -2.20. The highest BCUT2D eigenvalue weighted by Gasteiger charge is 2.46. The van der Waals surface area contributed by atoms with Crippen molar-refractivity contribution < 1.29 is 52.1 Å².